The van der Waals surface area contributed by atoms with Crippen LogP contribution in [0.5, 0.6) is 11.5 Å². The van der Waals surface area contributed by atoms with Gasteiger partial charge in [0.25, 0.3) is 0 Å². The van der Waals surface area contributed by atoms with E-state index in [2.05, 4.69) is 159 Å². The molecule has 0 bridgehead atoms. The van der Waals surface area contributed by atoms with Gasteiger partial charge in [0.15, 0.2) is 0 Å². The highest BCUT2D eigenvalue weighted by Crippen LogP contribution is 2.64. The molecule has 7 aromatic carbocycles. The van der Waals surface area contributed by atoms with Crippen LogP contribution >= 0.6 is 0 Å². The van der Waals surface area contributed by atoms with Crippen molar-refractivity contribution in [3.63, 3.8) is 0 Å². The summed E-state index contributed by atoms with van der Waals surface area (Å²) in [6, 6.07) is 54.0. The van der Waals surface area contributed by atoms with Crippen molar-refractivity contribution in [2.45, 2.75) is 24.7 Å². The summed E-state index contributed by atoms with van der Waals surface area (Å²) >= 11 is 0. The first-order valence-electron chi connectivity index (χ1n) is 15.9. The first-order chi connectivity index (χ1) is 22.1. The van der Waals surface area contributed by atoms with E-state index in [0.717, 1.165) is 11.5 Å². The average Bonchev–Trinajstić information content (AvgIpc) is 3.53. The van der Waals surface area contributed by atoms with Gasteiger partial charge in [-0.05, 0) is 96.7 Å². The van der Waals surface area contributed by atoms with Crippen molar-refractivity contribution in [1.82, 2.24) is 0 Å². The van der Waals surface area contributed by atoms with Crippen LogP contribution in [0, 0.1) is 0 Å². The first-order valence-corrected chi connectivity index (χ1v) is 15.9. The van der Waals surface area contributed by atoms with Crippen molar-refractivity contribution in [2.75, 3.05) is 0 Å². The molecule has 10 rings (SSSR count). The summed E-state index contributed by atoms with van der Waals surface area (Å²) in [5.74, 6) is 1.89. The normalized spacial score (nSPS) is 15.4. The minimum absolute atomic E-state index is 0.218. The number of para-hydroxylation sites is 1. The molecule has 0 saturated heterocycles. The van der Waals surface area contributed by atoms with Gasteiger partial charge in [0.1, 0.15) is 11.5 Å². The van der Waals surface area contributed by atoms with Crippen LogP contribution in [-0.2, 0) is 10.8 Å². The Labute approximate surface area is 263 Å². The van der Waals surface area contributed by atoms with Crippen LogP contribution in [0.15, 0.2) is 146 Å². The van der Waals surface area contributed by atoms with Crippen LogP contribution in [0.2, 0.25) is 0 Å². The van der Waals surface area contributed by atoms with Crippen LogP contribution in [0.3, 0.4) is 0 Å². The predicted octanol–water partition coefficient (Wildman–Crippen LogP) is 11.3. The van der Waals surface area contributed by atoms with E-state index in [4.69, 9.17) is 4.74 Å². The maximum absolute atomic E-state index is 6.55. The largest absolute Gasteiger partial charge is 0.457 e. The van der Waals surface area contributed by atoms with Crippen LogP contribution in [0.1, 0.15) is 47.2 Å². The van der Waals surface area contributed by atoms with Crippen LogP contribution < -0.4 is 4.74 Å². The number of rotatable bonds is 1. The highest BCUT2D eigenvalue weighted by molar-refractivity contribution is 6.00. The number of benzene rings is 7. The number of hydrogen-bond acceptors (Lipinski definition) is 1. The van der Waals surface area contributed by atoms with Crippen molar-refractivity contribution in [3.05, 3.63) is 179 Å². The fourth-order valence-corrected chi connectivity index (χ4v) is 8.82. The Morgan fingerprint density at radius 1 is 0.400 bits per heavy atom. The molecule has 7 aromatic rings. The second-order valence-electron chi connectivity index (χ2n) is 13.2. The summed E-state index contributed by atoms with van der Waals surface area (Å²) in [5, 5.41) is 2.55. The quantitative estimate of drug-likeness (QED) is 0.189. The molecule has 2 aliphatic carbocycles. The summed E-state index contributed by atoms with van der Waals surface area (Å²) in [5.41, 5.74) is 15.1. The molecule has 0 N–H and O–H groups in total. The molecule has 0 unspecified atom stereocenters. The maximum Gasteiger partial charge on any atom is 0.132 e. The second kappa shape index (κ2) is 8.61. The number of hydrogen-bond donors (Lipinski definition) is 0. The van der Waals surface area contributed by atoms with Crippen molar-refractivity contribution in [3.8, 4) is 44.9 Å². The van der Waals surface area contributed by atoms with E-state index in [0.29, 0.717) is 0 Å². The second-order valence-corrected chi connectivity index (χ2v) is 13.2. The van der Waals surface area contributed by atoms with Crippen LogP contribution in [-0.4, -0.2) is 0 Å². The van der Waals surface area contributed by atoms with Gasteiger partial charge in [-0.2, -0.15) is 0 Å². The standard InChI is InChI=1S/C44H30O/c1-43(2)37-19-9-10-20-40(37)45-41-21-11-16-30(42(41)43)29-22-23-33-34-24-27-12-3-4-13-28(27)25-39(34)44(38(33)26-29)35-17-7-5-14-31(35)32-15-6-8-18-36(32)44/h3-26H,1-2H3. The zero-order chi connectivity index (χ0) is 29.9. The molecule has 1 heterocycles. The number of fused-ring (bicyclic) bond motifs is 13. The molecule has 1 heteroatoms. The molecular weight excluding hydrogens is 544 g/mol. The maximum atomic E-state index is 6.55. The Morgan fingerprint density at radius 3 is 1.71 bits per heavy atom. The molecule has 0 saturated carbocycles. The summed E-state index contributed by atoms with van der Waals surface area (Å²) in [6.07, 6.45) is 0. The Morgan fingerprint density at radius 2 is 0.956 bits per heavy atom. The SMILES string of the molecule is CC1(C)c2ccccc2Oc2cccc(-c3ccc4c(c3)C3(c5ccccc5-c5ccccc53)c3cc5ccccc5cc3-4)c21. The Balaban J connectivity index is 1.29. The van der Waals surface area contributed by atoms with Gasteiger partial charge >= 0.3 is 0 Å². The smallest absolute Gasteiger partial charge is 0.132 e. The van der Waals surface area contributed by atoms with Crippen LogP contribution in [0.4, 0.5) is 0 Å². The lowest BCUT2D eigenvalue weighted by atomic mass is 9.69. The van der Waals surface area contributed by atoms with Gasteiger partial charge in [0.2, 0.25) is 0 Å². The molecule has 212 valence electrons. The van der Waals surface area contributed by atoms with E-state index in [1.54, 1.807) is 0 Å². The van der Waals surface area contributed by atoms with Crippen molar-refractivity contribution >= 4 is 10.8 Å². The summed E-state index contributed by atoms with van der Waals surface area (Å²) in [7, 11) is 0. The topological polar surface area (TPSA) is 9.23 Å². The molecule has 1 nitrogen and oxygen atoms in total. The molecule has 0 radical (unpaired) electrons. The van der Waals surface area contributed by atoms with Gasteiger partial charge in [0.05, 0.1) is 5.41 Å². The van der Waals surface area contributed by atoms with Gasteiger partial charge in [-0.1, -0.05) is 129 Å². The lowest BCUT2D eigenvalue weighted by Crippen LogP contribution is -2.26. The highest BCUT2D eigenvalue weighted by atomic mass is 16.5. The predicted molar refractivity (Wildman–Crippen MR) is 184 cm³/mol. The van der Waals surface area contributed by atoms with E-state index in [1.807, 2.05) is 0 Å². The molecular formula is C44H30O. The summed E-state index contributed by atoms with van der Waals surface area (Å²) in [6.45, 7) is 4.66. The van der Waals surface area contributed by atoms with Gasteiger partial charge in [-0.3, -0.25) is 0 Å². The minimum Gasteiger partial charge on any atom is -0.457 e. The van der Waals surface area contributed by atoms with Gasteiger partial charge < -0.3 is 4.74 Å². The monoisotopic (exact) mass is 574 g/mol. The fourth-order valence-electron chi connectivity index (χ4n) is 8.82. The highest BCUT2D eigenvalue weighted by Gasteiger charge is 2.52. The zero-order valence-electron chi connectivity index (χ0n) is 25.3. The van der Waals surface area contributed by atoms with E-state index >= 15 is 0 Å². The number of ether oxygens (including phenoxy) is 1. The lowest BCUT2D eigenvalue weighted by Gasteiger charge is -2.36. The third-order valence-corrected chi connectivity index (χ3v) is 10.7. The summed E-state index contributed by atoms with van der Waals surface area (Å²) in [4.78, 5) is 0. The van der Waals surface area contributed by atoms with E-state index in [-0.39, 0.29) is 5.41 Å². The van der Waals surface area contributed by atoms with Crippen molar-refractivity contribution < 1.29 is 4.74 Å². The average molecular weight is 575 g/mol. The van der Waals surface area contributed by atoms with Gasteiger partial charge in [-0.25, -0.2) is 0 Å². The molecule has 45 heavy (non-hydrogen) atoms. The van der Waals surface area contributed by atoms with Crippen molar-refractivity contribution in [2.24, 2.45) is 0 Å². The molecule has 3 aliphatic rings. The molecule has 0 amide bonds. The van der Waals surface area contributed by atoms with Gasteiger partial charge in [-0.15, -0.1) is 0 Å². The molecule has 0 fully saturated rings. The Bertz CT molecular complexity index is 2340. The van der Waals surface area contributed by atoms with Crippen molar-refractivity contribution in [1.29, 1.82) is 0 Å². The van der Waals surface area contributed by atoms with Crippen LogP contribution in [0.25, 0.3) is 44.2 Å². The van der Waals surface area contributed by atoms with E-state index in [1.165, 1.54) is 77.5 Å². The lowest BCUT2D eigenvalue weighted by molar-refractivity contribution is 0.419. The third kappa shape index (κ3) is 3.08. The zero-order valence-corrected chi connectivity index (χ0v) is 25.3. The minimum atomic E-state index is -0.397. The van der Waals surface area contributed by atoms with E-state index < -0.39 is 5.41 Å². The third-order valence-electron chi connectivity index (χ3n) is 10.7. The molecule has 0 atom stereocenters. The van der Waals surface area contributed by atoms with Gasteiger partial charge in [0, 0.05) is 16.5 Å². The molecule has 0 aromatic heterocycles. The Hall–Kier alpha value is -5.40. The van der Waals surface area contributed by atoms with E-state index in [9.17, 15) is 0 Å². The summed E-state index contributed by atoms with van der Waals surface area (Å²) < 4.78 is 6.55. The molecule has 1 spiro atoms. The fraction of sp³-hybridized carbons (Fsp3) is 0.0909. The Kier molecular flexibility index (Phi) is 4.78. The molecule has 1 aliphatic heterocycles. The first kappa shape index (κ1) is 25.0.